The van der Waals surface area contributed by atoms with E-state index in [1.165, 1.54) is 0 Å². The van der Waals surface area contributed by atoms with E-state index in [0.717, 1.165) is 84.2 Å². The van der Waals surface area contributed by atoms with Gasteiger partial charge in [0.25, 0.3) is 0 Å². The first-order valence-corrected chi connectivity index (χ1v) is 9.61. The van der Waals surface area contributed by atoms with Gasteiger partial charge in [-0.3, -0.25) is 4.99 Å². The summed E-state index contributed by atoms with van der Waals surface area (Å²) < 4.78 is 11.0. The van der Waals surface area contributed by atoms with E-state index in [2.05, 4.69) is 35.9 Å². The second-order valence-electron chi connectivity index (χ2n) is 6.17. The number of hydrogen-bond donors (Lipinski definition) is 1. The summed E-state index contributed by atoms with van der Waals surface area (Å²) in [5.41, 5.74) is 0. The second-order valence-corrected chi connectivity index (χ2v) is 6.17. The minimum atomic E-state index is 0.386. The molecule has 0 bridgehead atoms. The molecule has 6 nitrogen and oxygen atoms in total. The average Bonchev–Trinajstić information content (AvgIpc) is 2.62. The summed E-state index contributed by atoms with van der Waals surface area (Å²) in [6.45, 7) is 15.1. The number of nitrogens with one attached hydrogen (secondary N) is 1. The van der Waals surface area contributed by atoms with Crippen molar-refractivity contribution in [2.45, 2.75) is 46.1 Å². The maximum absolute atomic E-state index is 5.94. The van der Waals surface area contributed by atoms with E-state index in [0.29, 0.717) is 6.10 Å². The fourth-order valence-electron chi connectivity index (χ4n) is 2.95. The SMILES string of the molecule is CCNC(=NCCN(CC)CC)N1CCC(OCCCOC)CC1. The predicted molar refractivity (Wildman–Crippen MR) is 101 cm³/mol. The van der Waals surface area contributed by atoms with Crippen molar-refractivity contribution < 1.29 is 9.47 Å². The van der Waals surface area contributed by atoms with E-state index in [-0.39, 0.29) is 0 Å². The molecule has 0 unspecified atom stereocenters. The van der Waals surface area contributed by atoms with Crippen molar-refractivity contribution in [3.63, 3.8) is 0 Å². The molecular formula is C18H38N4O2. The fraction of sp³-hybridized carbons (Fsp3) is 0.944. The molecule has 0 spiro atoms. The topological polar surface area (TPSA) is 49.3 Å². The van der Waals surface area contributed by atoms with E-state index in [1.54, 1.807) is 7.11 Å². The van der Waals surface area contributed by atoms with Crippen LogP contribution in [-0.4, -0.2) is 88.0 Å². The highest BCUT2D eigenvalue weighted by Crippen LogP contribution is 2.14. The largest absolute Gasteiger partial charge is 0.385 e. The standard InChI is InChI=1S/C18H38N4O2/c1-5-19-18(20-11-14-21(6-2)7-3)22-12-9-17(10-13-22)24-16-8-15-23-4/h17H,5-16H2,1-4H3,(H,19,20). The Morgan fingerprint density at radius 2 is 1.88 bits per heavy atom. The molecule has 1 N–H and O–H groups in total. The molecule has 1 rings (SSSR count). The lowest BCUT2D eigenvalue weighted by molar-refractivity contribution is 0.00990. The number of hydrogen-bond acceptors (Lipinski definition) is 4. The van der Waals surface area contributed by atoms with Crippen LogP contribution in [0.2, 0.25) is 0 Å². The highest BCUT2D eigenvalue weighted by molar-refractivity contribution is 5.80. The first-order valence-electron chi connectivity index (χ1n) is 9.61. The van der Waals surface area contributed by atoms with Gasteiger partial charge in [-0.05, 0) is 39.3 Å². The smallest absolute Gasteiger partial charge is 0.193 e. The number of likely N-dealkylation sites (N-methyl/N-ethyl adjacent to an activating group) is 1. The molecule has 0 radical (unpaired) electrons. The number of aliphatic imine (C=N–C) groups is 1. The van der Waals surface area contributed by atoms with Crippen molar-refractivity contribution in [1.82, 2.24) is 15.1 Å². The molecule has 0 saturated carbocycles. The Balaban J connectivity index is 2.36. The summed E-state index contributed by atoms with van der Waals surface area (Å²) in [5.74, 6) is 1.06. The molecule has 1 aliphatic heterocycles. The average molecular weight is 343 g/mol. The number of piperidine rings is 1. The first-order chi connectivity index (χ1) is 11.7. The molecule has 1 fully saturated rings. The Morgan fingerprint density at radius 3 is 2.46 bits per heavy atom. The van der Waals surface area contributed by atoms with E-state index >= 15 is 0 Å². The van der Waals surface area contributed by atoms with Crippen LogP contribution < -0.4 is 5.32 Å². The fourth-order valence-corrected chi connectivity index (χ4v) is 2.95. The molecule has 0 amide bonds. The van der Waals surface area contributed by atoms with Gasteiger partial charge in [0, 0.05) is 46.5 Å². The molecule has 1 saturated heterocycles. The Kier molecular flexibility index (Phi) is 11.9. The number of nitrogens with zero attached hydrogens (tertiary/aromatic N) is 3. The van der Waals surface area contributed by atoms with Crippen molar-refractivity contribution in [3.05, 3.63) is 0 Å². The molecule has 1 aliphatic rings. The molecule has 0 aromatic heterocycles. The van der Waals surface area contributed by atoms with Crippen LogP contribution in [0.1, 0.15) is 40.0 Å². The zero-order chi connectivity index (χ0) is 17.6. The maximum atomic E-state index is 5.94. The van der Waals surface area contributed by atoms with Gasteiger partial charge in [-0.1, -0.05) is 13.8 Å². The Bertz CT molecular complexity index is 327. The van der Waals surface area contributed by atoms with E-state index in [1.807, 2.05) is 0 Å². The molecule has 0 aromatic rings. The van der Waals surface area contributed by atoms with Crippen LogP contribution in [0.25, 0.3) is 0 Å². The van der Waals surface area contributed by atoms with Crippen molar-refractivity contribution in [2.24, 2.45) is 4.99 Å². The number of methoxy groups -OCH3 is 1. The van der Waals surface area contributed by atoms with Crippen LogP contribution >= 0.6 is 0 Å². The zero-order valence-corrected chi connectivity index (χ0v) is 16.2. The van der Waals surface area contributed by atoms with Gasteiger partial charge in [-0.15, -0.1) is 0 Å². The van der Waals surface area contributed by atoms with Crippen LogP contribution in [0.4, 0.5) is 0 Å². The molecule has 0 aliphatic carbocycles. The van der Waals surface area contributed by atoms with Crippen LogP contribution in [0.5, 0.6) is 0 Å². The third-order valence-corrected chi connectivity index (χ3v) is 4.49. The van der Waals surface area contributed by atoms with Crippen molar-refractivity contribution in [3.8, 4) is 0 Å². The number of ether oxygens (including phenoxy) is 2. The highest BCUT2D eigenvalue weighted by atomic mass is 16.5. The van der Waals surface area contributed by atoms with Crippen LogP contribution in [-0.2, 0) is 9.47 Å². The molecule has 142 valence electrons. The van der Waals surface area contributed by atoms with Crippen LogP contribution in [0.15, 0.2) is 4.99 Å². The third-order valence-electron chi connectivity index (χ3n) is 4.49. The van der Waals surface area contributed by atoms with E-state index in [9.17, 15) is 0 Å². The quantitative estimate of drug-likeness (QED) is 0.353. The summed E-state index contributed by atoms with van der Waals surface area (Å²) in [6, 6.07) is 0. The van der Waals surface area contributed by atoms with Gasteiger partial charge in [0.2, 0.25) is 0 Å². The molecular weight excluding hydrogens is 304 g/mol. The summed E-state index contributed by atoms with van der Waals surface area (Å²) in [6.07, 6.45) is 3.52. The zero-order valence-electron chi connectivity index (χ0n) is 16.2. The van der Waals surface area contributed by atoms with E-state index in [4.69, 9.17) is 14.5 Å². The Hall–Kier alpha value is -0.850. The third kappa shape index (κ3) is 8.31. The Labute approximate surface area is 148 Å². The summed E-state index contributed by atoms with van der Waals surface area (Å²) >= 11 is 0. The monoisotopic (exact) mass is 342 g/mol. The van der Waals surface area contributed by atoms with Gasteiger partial charge in [0.05, 0.1) is 12.6 Å². The molecule has 1 heterocycles. The van der Waals surface area contributed by atoms with Gasteiger partial charge >= 0.3 is 0 Å². The normalized spacial score (nSPS) is 16.9. The summed E-state index contributed by atoms with van der Waals surface area (Å²) in [4.78, 5) is 9.60. The lowest BCUT2D eigenvalue weighted by Crippen LogP contribution is -2.47. The first kappa shape index (κ1) is 21.2. The molecule has 24 heavy (non-hydrogen) atoms. The highest BCUT2D eigenvalue weighted by Gasteiger charge is 2.21. The van der Waals surface area contributed by atoms with Crippen molar-refractivity contribution >= 4 is 5.96 Å². The second kappa shape index (κ2) is 13.4. The minimum Gasteiger partial charge on any atom is -0.385 e. The summed E-state index contributed by atoms with van der Waals surface area (Å²) in [7, 11) is 1.74. The molecule has 6 heteroatoms. The van der Waals surface area contributed by atoms with E-state index < -0.39 is 0 Å². The van der Waals surface area contributed by atoms with Crippen molar-refractivity contribution in [2.75, 3.05) is 66.1 Å². The number of rotatable bonds is 11. The lowest BCUT2D eigenvalue weighted by Gasteiger charge is -2.34. The van der Waals surface area contributed by atoms with Crippen molar-refractivity contribution in [1.29, 1.82) is 0 Å². The summed E-state index contributed by atoms with van der Waals surface area (Å²) in [5, 5.41) is 3.44. The van der Waals surface area contributed by atoms with Crippen LogP contribution in [0.3, 0.4) is 0 Å². The number of likely N-dealkylation sites (tertiary alicyclic amines) is 1. The van der Waals surface area contributed by atoms with Gasteiger partial charge in [0.1, 0.15) is 0 Å². The van der Waals surface area contributed by atoms with Gasteiger partial charge in [0.15, 0.2) is 5.96 Å². The minimum absolute atomic E-state index is 0.386. The van der Waals surface area contributed by atoms with Gasteiger partial charge in [-0.25, -0.2) is 0 Å². The molecule has 0 aromatic carbocycles. The predicted octanol–water partition coefficient (Wildman–Crippen LogP) is 1.81. The lowest BCUT2D eigenvalue weighted by atomic mass is 10.1. The van der Waals surface area contributed by atoms with Crippen LogP contribution in [0, 0.1) is 0 Å². The Morgan fingerprint density at radius 1 is 1.17 bits per heavy atom. The van der Waals surface area contributed by atoms with Gasteiger partial charge in [-0.2, -0.15) is 0 Å². The number of guanidine groups is 1. The maximum Gasteiger partial charge on any atom is 0.193 e. The molecule has 0 atom stereocenters. The van der Waals surface area contributed by atoms with Gasteiger partial charge < -0.3 is 24.6 Å².